The van der Waals surface area contributed by atoms with Crippen LogP contribution in [-0.2, 0) is 32.5 Å². The van der Waals surface area contributed by atoms with Crippen LogP contribution >= 0.6 is 0 Å². The number of amides is 1. The molecular formula is C19H30N4O4S. The molecule has 0 radical (unpaired) electrons. The fourth-order valence-corrected chi connectivity index (χ4v) is 3.86. The van der Waals surface area contributed by atoms with E-state index in [9.17, 15) is 13.2 Å². The lowest BCUT2D eigenvalue weighted by Crippen LogP contribution is -2.25. The van der Waals surface area contributed by atoms with Crippen molar-refractivity contribution in [3.8, 4) is 0 Å². The summed E-state index contributed by atoms with van der Waals surface area (Å²) in [6.45, 7) is 6.55. The van der Waals surface area contributed by atoms with Gasteiger partial charge in [0.1, 0.15) is 5.82 Å². The molecular weight excluding hydrogens is 380 g/mol. The first-order chi connectivity index (χ1) is 13.3. The highest BCUT2D eigenvalue weighted by molar-refractivity contribution is 7.89. The molecule has 1 aromatic carbocycles. The summed E-state index contributed by atoms with van der Waals surface area (Å²) in [6.07, 6.45) is 1.62. The number of carbonyl (C=O) groups is 1. The van der Waals surface area contributed by atoms with Crippen LogP contribution in [0.25, 0.3) is 11.0 Å². The third kappa shape index (κ3) is 5.30. The number of nitrogens with zero attached hydrogens (tertiary/aromatic N) is 3. The first-order valence-electron chi connectivity index (χ1n) is 9.57. The number of hydrogen-bond donors (Lipinski definition) is 1. The largest absolute Gasteiger partial charge is 0.382 e. The van der Waals surface area contributed by atoms with Crippen molar-refractivity contribution in [3.63, 3.8) is 0 Å². The molecule has 9 heteroatoms. The average Bonchev–Trinajstić information content (AvgIpc) is 3.02. The molecule has 28 heavy (non-hydrogen) atoms. The predicted octanol–water partition coefficient (Wildman–Crippen LogP) is 1.78. The molecule has 0 aliphatic rings. The molecule has 0 atom stereocenters. The van der Waals surface area contributed by atoms with E-state index in [1.54, 1.807) is 18.2 Å². The van der Waals surface area contributed by atoms with Crippen molar-refractivity contribution in [1.29, 1.82) is 0 Å². The maximum absolute atomic E-state index is 12.3. The summed E-state index contributed by atoms with van der Waals surface area (Å²) >= 11 is 0. The molecule has 0 unspecified atom stereocenters. The first kappa shape index (κ1) is 22.3. The lowest BCUT2D eigenvalue weighted by Gasteiger charge is -2.11. The summed E-state index contributed by atoms with van der Waals surface area (Å²) in [7, 11) is -0.507. The third-order valence-electron chi connectivity index (χ3n) is 4.46. The molecule has 0 saturated heterocycles. The predicted molar refractivity (Wildman–Crippen MR) is 109 cm³/mol. The van der Waals surface area contributed by atoms with Gasteiger partial charge in [0.15, 0.2) is 0 Å². The normalized spacial score (nSPS) is 12.0. The van der Waals surface area contributed by atoms with Gasteiger partial charge in [-0.3, -0.25) is 4.79 Å². The van der Waals surface area contributed by atoms with Gasteiger partial charge in [0.25, 0.3) is 0 Å². The Morgan fingerprint density at radius 2 is 2.04 bits per heavy atom. The topological polar surface area (TPSA) is 93.5 Å². The smallest absolute Gasteiger partial charge is 0.242 e. The number of imidazole rings is 1. The fourth-order valence-electron chi connectivity index (χ4n) is 2.93. The number of nitrogens with one attached hydrogen (secondary N) is 1. The highest BCUT2D eigenvalue weighted by Crippen LogP contribution is 2.22. The SMILES string of the molecule is CCOCCCNC(=O)CCc1nc2cc(S(=O)(=O)N(C)C)ccc2n1CC. The van der Waals surface area contributed by atoms with Gasteiger partial charge in [-0.2, -0.15) is 0 Å². The number of aryl methyl sites for hydroxylation is 2. The van der Waals surface area contributed by atoms with E-state index in [1.807, 2.05) is 18.4 Å². The van der Waals surface area contributed by atoms with Crippen molar-refractivity contribution in [3.05, 3.63) is 24.0 Å². The van der Waals surface area contributed by atoms with Gasteiger partial charge in [0.2, 0.25) is 15.9 Å². The van der Waals surface area contributed by atoms with Crippen molar-refractivity contribution >= 4 is 27.0 Å². The minimum Gasteiger partial charge on any atom is -0.382 e. The van der Waals surface area contributed by atoms with E-state index in [-0.39, 0.29) is 10.8 Å². The lowest BCUT2D eigenvalue weighted by atomic mass is 10.2. The highest BCUT2D eigenvalue weighted by Gasteiger charge is 2.19. The van der Waals surface area contributed by atoms with Crippen molar-refractivity contribution in [2.75, 3.05) is 33.9 Å². The second kappa shape index (κ2) is 9.99. The maximum atomic E-state index is 12.3. The van der Waals surface area contributed by atoms with Crippen LogP contribution in [0, 0.1) is 0 Å². The van der Waals surface area contributed by atoms with E-state index < -0.39 is 10.0 Å². The second-order valence-corrected chi connectivity index (χ2v) is 8.76. The van der Waals surface area contributed by atoms with Gasteiger partial charge in [0.05, 0.1) is 15.9 Å². The first-order valence-corrected chi connectivity index (χ1v) is 11.0. The Hall–Kier alpha value is -1.97. The Balaban J connectivity index is 2.09. The van der Waals surface area contributed by atoms with E-state index in [1.165, 1.54) is 18.4 Å². The Bertz CT molecular complexity index is 906. The quantitative estimate of drug-likeness (QED) is 0.570. The molecule has 1 aromatic heterocycles. The van der Waals surface area contributed by atoms with Crippen LogP contribution in [0.3, 0.4) is 0 Å². The van der Waals surface area contributed by atoms with Crippen molar-refractivity contribution in [1.82, 2.24) is 19.2 Å². The molecule has 2 rings (SSSR count). The molecule has 156 valence electrons. The molecule has 8 nitrogen and oxygen atoms in total. The second-order valence-electron chi connectivity index (χ2n) is 6.61. The molecule has 0 aliphatic heterocycles. The molecule has 0 aliphatic carbocycles. The van der Waals surface area contributed by atoms with Crippen LogP contribution in [-0.4, -0.2) is 62.0 Å². The van der Waals surface area contributed by atoms with Gasteiger partial charge in [-0.15, -0.1) is 0 Å². The fraction of sp³-hybridized carbons (Fsp3) is 0.579. The van der Waals surface area contributed by atoms with Gasteiger partial charge < -0.3 is 14.6 Å². The van der Waals surface area contributed by atoms with E-state index in [0.717, 1.165) is 17.8 Å². The minimum atomic E-state index is -3.51. The van der Waals surface area contributed by atoms with Gasteiger partial charge in [-0.25, -0.2) is 17.7 Å². The summed E-state index contributed by atoms with van der Waals surface area (Å²) in [6, 6.07) is 4.97. The molecule has 0 saturated carbocycles. The van der Waals surface area contributed by atoms with Crippen LogP contribution < -0.4 is 5.32 Å². The van der Waals surface area contributed by atoms with E-state index in [2.05, 4.69) is 10.3 Å². The molecule has 2 aromatic rings. The highest BCUT2D eigenvalue weighted by atomic mass is 32.2. The molecule has 0 bridgehead atoms. The number of fused-ring (bicyclic) bond motifs is 1. The number of benzene rings is 1. The van der Waals surface area contributed by atoms with Crippen molar-refractivity contribution in [2.24, 2.45) is 0 Å². The van der Waals surface area contributed by atoms with E-state index in [0.29, 0.717) is 44.7 Å². The van der Waals surface area contributed by atoms with Crippen LogP contribution in [0.4, 0.5) is 0 Å². The van der Waals surface area contributed by atoms with Crippen LogP contribution in [0.1, 0.15) is 32.5 Å². The maximum Gasteiger partial charge on any atom is 0.242 e. The Labute approximate surface area is 166 Å². The number of ether oxygens (including phenoxy) is 1. The van der Waals surface area contributed by atoms with Gasteiger partial charge in [0, 0.05) is 53.2 Å². The zero-order valence-corrected chi connectivity index (χ0v) is 17.9. The van der Waals surface area contributed by atoms with Crippen LogP contribution in [0.5, 0.6) is 0 Å². The molecule has 0 spiro atoms. The average molecular weight is 411 g/mol. The third-order valence-corrected chi connectivity index (χ3v) is 6.27. The number of sulfonamides is 1. The molecule has 1 heterocycles. The molecule has 1 N–H and O–H groups in total. The zero-order valence-electron chi connectivity index (χ0n) is 17.1. The number of aromatic nitrogens is 2. The monoisotopic (exact) mass is 410 g/mol. The van der Waals surface area contributed by atoms with E-state index >= 15 is 0 Å². The lowest BCUT2D eigenvalue weighted by molar-refractivity contribution is -0.121. The standard InChI is InChI=1S/C19H30N4O4S/c1-5-23-17-9-8-15(28(25,26)22(3)4)14-16(17)21-18(23)10-11-19(24)20-12-7-13-27-6-2/h8-9,14H,5-7,10-13H2,1-4H3,(H,20,24). The van der Waals surface area contributed by atoms with Gasteiger partial charge >= 0.3 is 0 Å². The Morgan fingerprint density at radius 3 is 2.68 bits per heavy atom. The van der Waals surface area contributed by atoms with Crippen molar-refractivity contribution in [2.45, 2.75) is 44.6 Å². The van der Waals surface area contributed by atoms with Crippen LogP contribution in [0.15, 0.2) is 23.1 Å². The number of rotatable bonds is 11. The number of hydrogen-bond acceptors (Lipinski definition) is 5. The molecule has 1 amide bonds. The Morgan fingerprint density at radius 1 is 1.29 bits per heavy atom. The van der Waals surface area contributed by atoms with Gasteiger partial charge in [-0.1, -0.05) is 0 Å². The molecule has 0 fully saturated rings. The van der Waals surface area contributed by atoms with Crippen LogP contribution in [0.2, 0.25) is 0 Å². The minimum absolute atomic E-state index is 0.0258. The summed E-state index contributed by atoms with van der Waals surface area (Å²) in [4.78, 5) is 16.9. The summed E-state index contributed by atoms with van der Waals surface area (Å²) < 4.78 is 33.1. The van der Waals surface area contributed by atoms with Crippen molar-refractivity contribution < 1.29 is 17.9 Å². The number of carbonyl (C=O) groups excluding carboxylic acids is 1. The summed E-state index contributed by atoms with van der Waals surface area (Å²) in [5.74, 6) is 0.753. The summed E-state index contributed by atoms with van der Waals surface area (Å²) in [5.41, 5.74) is 1.49. The summed E-state index contributed by atoms with van der Waals surface area (Å²) in [5, 5.41) is 2.88. The van der Waals surface area contributed by atoms with E-state index in [4.69, 9.17) is 4.74 Å². The van der Waals surface area contributed by atoms with Gasteiger partial charge in [-0.05, 0) is 38.5 Å². The Kier molecular flexibility index (Phi) is 7.97. The zero-order chi connectivity index (χ0) is 20.7.